The number of thiazole rings is 2. The van der Waals surface area contributed by atoms with Gasteiger partial charge in [0.25, 0.3) is 0 Å². The Kier molecular flexibility index (Phi) is 17.2. The van der Waals surface area contributed by atoms with E-state index in [-0.39, 0.29) is 18.0 Å². The van der Waals surface area contributed by atoms with Crippen LogP contribution in [-0.4, -0.2) is 67.9 Å². The van der Waals surface area contributed by atoms with Crippen LogP contribution >= 0.6 is 34.4 Å². The van der Waals surface area contributed by atoms with Crippen LogP contribution in [0.2, 0.25) is 0 Å². The molecule has 0 saturated carbocycles. The van der Waals surface area contributed by atoms with Crippen LogP contribution in [0.15, 0.2) is 69.7 Å². The topological polar surface area (TPSA) is 227 Å². The monoisotopic (exact) mass is 850 g/mol. The zero-order valence-corrected chi connectivity index (χ0v) is 35.3. The first-order valence-corrected chi connectivity index (χ1v) is 20.6. The van der Waals surface area contributed by atoms with Gasteiger partial charge in [0.1, 0.15) is 24.3 Å². The third-order valence-corrected chi connectivity index (χ3v) is 9.88. The van der Waals surface area contributed by atoms with Crippen LogP contribution in [0, 0.1) is 25.7 Å². The Bertz CT molecular complexity index is 2170. The Labute approximate surface area is 348 Å². The lowest BCUT2D eigenvalue weighted by atomic mass is 10.2. The van der Waals surface area contributed by atoms with Gasteiger partial charge < -0.3 is 40.8 Å². The fourth-order valence-corrected chi connectivity index (χ4v) is 7.06. The second-order valence-electron chi connectivity index (χ2n) is 13.7. The summed E-state index contributed by atoms with van der Waals surface area (Å²) in [4.78, 5) is 74.8. The maximum atomic E-state index is 12.3. The number of aromatic amines is 1. The van der Waals surface area contributed by atoms with Crippen LogP contribution in [0.5, 0.6) is 11.5 Å². The van der Waals surface area contributed by atoms with Crippen LogP contribution in [0.3, 0.4) is 0 Å². The minimum Gasteiger partial charge on any atom is -0.491 e. The van der Waals surface area contributed by atoms with Crippen molar-refractivity contribution in [3.8, 4) is 11.5 Å². The van der Waals surface area contributed by atoms with Gasteiger partial charge in [0.05, 0.1) is 47.1 Å². The molecule has 16 nitrogen and oxygen atoms in total. The predicted molar refractivity (Wildman–Crippen MR) is 225 cm³/mol. The van der Waals surface area contributed by atoms with E-state index in [0.29, 0.717) is 58.7 Å². The Morgan fingerprint density at radius 2 is 1.31 bits per heavy atom. The van der Waals surface area contributed by atoms with Gasteiger partial charge in [0, 0.05) is 17.8 Å². The van der Waals surface area contributed by atoms with Gasteiger partial charge in [-0.25, -0.2) is 15.0 Å². The van der Waals surface area contributed by atoms with E-state index < -0.39 is 36.0 Å². The summed E-state index contributed by atoms with van der Waals surface area (Å²) in [6, 6.07) is 10.9. The number of nitrogens with one attached hydrogen (secondary N) is 5. The molecule has 0 atom stereocenters. The predicted octanol–water partition coefficient (Wildman–Crippen LogP) is 7.41. The second kappa shape index (κ2) is 22.2. The Morgan fingerprint density at radius 1 is 0.776 bits per heavy atom. The van der Waals surface area contributed by atoms with Crippen molar-refractivity contribution in [3.05, 3.63) is 77.2 Å². The molecule has 308 valence electrons. The van der Waals surface area contributed by atoms with Gasteiger partial charge >= 0.3 is 5.97 Å². The van der Waals surface area contributed by atoms with Gasteiger partial charge in [0.2, 0.25) is 23.6 Å². The largest absolute Gasteiger partial charge is 0.491 e. The molecule has 3 heterocycles. The van der Waals surface area contributed by atoms with Gasteiger partial charge in [-0.15, -0.1) is 11.3 Å². The first-order valence-electron chi connectivity index (χ1n) is 18.1. The summed E-state index contributed by atoms with van der Waals surface area (Å²) < 4.78 is 12.4. The molecule has 2 aromatic carbocycles. The number of nitrogens with zero attached hydrogens (tertiary/aromatic N) is 3. The van der Waals surface area contributed by atoms with E-state index in [1.807, 2.05) is 52.0 Å². The molecule has 6 N–H and O–H groups in total. The Balaban J connectivity index is 0.000000257. The fraction of sp³-hybridized carbons (Fsp3) is 0.333. The molecule has 5 rings (SSSR count). The van der Waals surface area contributed by atoms with Crippen molar-refractivity contribution in [1.29, 1.82) is 0 Å². The highest BCUT2D eigenvalue weighted by Gasteiger charge is 2.17. The second-order valence-corrected chi connectivity index (χ2v) is 16.8. The highest BCUT2D eigenvalue weighted by Crippen LogP contribution is 2.32. The highest BCUT2D eigenvalue weighted by atomic mass is 32.2. The number of anilines is 4. The maximum absolute atomic E-state index is 12.3. The zero-order chi connectivity index (χ0) is 42.2. The quantitative estimate of drug-likeness (QED) is 0.0474. The molecule has 58 heavy (non-hydrogen) atoms. The number of aromatic nitrogens is 4. The van der Waals surface area contributed by atoms with Gasteiger partial charge in [0.15, 0.2) is 15.4 Å². The van der Waals surface area contributed by atoms with Crippen molar-refractivity contribution in [1.82, 2.24) is 19.9 Å². The highest BCUT2D eigenvalue weighted by molar-refractivity contribution is 8.01. The summed E-state index contributed by atoms with van der Waals surface area (Å²) in [6.45, 7) is 13.1. The number of benzene rings is 2. The summed E-state index contributed by atoms with van der Waals surface area (Å²) in [5.41, 5.74) is 3.42. The van der Waals surface area contributed by atoms with Crippen LogP contribution in [0.25, 0.3) is 0 Å². The van der Waals surface area contributed by atoms with E-state index in [2.05, 4.69) is 55.1 Å². The third kappa shape index (κ3) is 16.0. The number of carbonyl (C=O) groups is 5. The van der Waals surface area contributed by atoms with Crippen molar-refractivity contribution in [2.24, 2.45) is 11.8 Å². The zero-order valence-electron chi connectivity index (χ0n) is 32.8. The molecule has 0 aliphatic rings. The Hall–Kier alpha value is -5.79. The molecular weight excluding hydrogens is 805 g/mol. The number of carbonyl (C=O) groups excluding carboxylic acids is 4. The molecule has 0 aliphatic carbocycles. The van der Waals surface area contributed by atoms with Crippen LogP contribution in [0.4, 0.5) is 21.6 Å². The number of ether oxygens (including phenoxy) is 2. The summed E-state index contributed by atoms with van der Waals surface area (Å²) in [7, 11) is 0. The van der Waals surface area contributed by atoms with E-state index in [1.165, 1.54) is 23.1 Å². The summed E-state index contributed by atoms with van der Waals surface area (Å²) in [5.74, 6) is -1.05. The van der Waals surface area contributed by atoms with Crippen molar-refractivity contribution in [2.45, 2.75) is 70.2 Å². The molecular formula is C39H46N8O8S3. The number of carboxylic acids is 1. The number of imidazole rings is 1. The normalized spacial score (nSPS) is 10.7. The molecule has 0 spiro atoms. The molecule has 19 heteroatoms. The third-order valence-electron chi connectivity index (χ3n) is 7.14. The molecule has 5 aromatic rings. The minimum absolute atomic E-state index is 0.223. The van der Waals surface area contributed by atoms with Crippen LogP contribution in [-0.2, 0) is 30.4 Å². The maximum Gasteiger partial charge on any atom is 0.309 e. The number of hydrogen-bond donors (Lipinski definition) is 6. The number of aryl methyl sites for hydroxylation is 2. The fourth-order valence-electron chi connectivity index (χ4n) is 4.59. The van der Waals surface area contributed by atoms with Crippen molar-refractivity contribution < 1.29 is 38.6 Å². The van der Waals surface area contributed by atoms with Crippen molar-refractivity contribution >= 4 is 85.7 Å². The lowest BCUT2D eigenvalue weighted by Crippen LogP contribution is -2.22. The molecule has 4 amide bonds. The van der Waals surface area contributed by atoms with Gasteiger partial charge in [-0.2, -0.15) is 0 Å². The number of hydrogen-bond acceptors (Lipinski definition) is 13. The van der Waals surface area contributed by atoms with E-state index in [0.717, 1.165) is 31.8 Å². The number of carboxylic acid groups (broad SMARTS) is 1. The average Bonchev–Trinajstić information content (AvgIpc) is 3.92. The van der Waals surface area contributed by atoms with Gasteiger partial charge in [-0.1, -0.05) is 51.2 Å². The Morgan fingerprint density at radius 3 is 1.81 bits per heavy atom. The minimum atomic E-state index is -1.00. The SMILES string of the molecule is Cc1ccc(NC(=O)CC(=O)Nc2nc(CC(=O)O)cs2)c(OCC(C)C)c1.Cc1ccc(NC(=O)CC(=O)Nc2ncc(Sc3ncc[nH]3)s2)c(OCC(C)C)c1. The first-order chi connectivity index (χ1) is 27.6. The number of H-pyrrole nitrogens is 1. The molecule has 0 saturated heterocycles. The molecule has 0 bridgehead atoms. The lowest BCUT2D eigenvalue weighted by Gasteiger charge is -2.14. The lowest BCUT2D eigenvalue weighted by molar-refractivity contribution is -0.136. The van der Waals surface area contributed by atoms with E-state index in [1.54, 1.807) is 36.1 Å². The molecule has 0 fully saturated rings. The molecule has 0 aliphatic heterocycles. The molecule has 0 radical (unpaired) electrons. The van der Waals surface area contributed by atoms with E-state index >= 15 is 0 Å². The number of amides is 4. The molecule has 0 unspecified atom stereocenters. The summed E-state index contributed by atoms with van der Waals surface area (Å²) >= 11 is 3.83. The van der Waals surface area contributed by atoms with Crippen LogP contribution < -0.4 is 30.7 Å². The van der Waals surface area contributed by atoms with Gasteiger partial charge in [-0.3, -0.25) is 24.0 Å². The van der Waals surface area contributed by atoms with E-state index in [4.69, 9.17) is 14.6 Å². The first kappa shape index (κ1) is 44.9. The van der Waals surface area contributed by atoms with Crippen molar-refractivity contribution in [3.63, 3.8) is 0 Å². The summed E-state index contributed by atoms with van der Waals surface area (Å²) in [6.07, 6.45) is 4.11. The summed E-state index contributed by atoms with van der Waals surface area (Å²) in [5, 5.41) is 22.3. The van der Waals surface area contributed by atoms with Crippen LogP contribution in [0.1, 0.15) is 57.4 Å². The smallest absolute Gasteiger partial charge is 0.309 e. The average molecular weight is 851 g/mol. The number of aliphatic carboxylic acids is 1. The van der Waals surface area contributed by atoms with E-state index in [9.17, 15) is 24.0 Å². The van der Waals surface area contributed by atoms with Gasteiger partial charge in [-0.05, 0) is 72.8 Å². The standard InChI is InChI=1S/C20H23N5O3S2.C19H23N3O5S/c1-12(2)11-28-15-8-13(3)4-5-14(15)24-16(26)9-17(27)25-20-23-10-18(30-20)29-19-21-6-7-22-19;1-11(2)9-27-15-6-12(3)4-5-14(15)21-16(23)8-17(24)22-19-20-13(10-28-19)7-18(25)26/h4-8,10,12H,9,11H2,1-3H3,(H,21,22)(H,24,26)(H,23,25,27);4-6,10-11H,7-9H2,1-3H3,(H,21,23)(H,25,26)(H,20,22,24). The molecule has 3 aromatic heterocycles. The number of rotatable bonds is 18. The van der Waals surface area contributed by atoms with Crippen molar-refractivity contribution in [2.75, 3.05) is 34.5 Å².